The molecule has 0 atom stereocenters. The zero-order valence-corrected chi connectivity index (χ0v) is 18.7. The molecular formula is C24H30N6O2. The van der Waals surface area contributed by atoms with Crippen LogP contribution in [0.2, 0.25) is 0 Å². The molecule has 0 amide bonds. The number of guanidine groups is 1. The summed E-state index contributed by atoms with van der Waals surface area (Å²) in [6.07, 6.45) is 2.64. The van der Waals surface area contributed by atoms with Gasteiger partial charge in [0.1, 0.15) is 25.4 Å². The van der Waals surface area contributed by atoms with E-state index in [-0.39, 0.29) is 0 Å². The van der Waals surface area contributed by atoms with Crippen LogP contribution in [-0.4, -0.2) is 52.4 Å². The largest absolute Gasteiger partial charge is 0.486 e. The van der Waals surface area contributed by atoms with Gasteiger partial charge in [0.05, 0.1) is 6.54 Å². The summed E-state index contributed by atoms with van der Waals surface area (Å²) < 4.78 is 13.4. The van der Waals surface area contributed by atoms with Gasteiger partial charge in [-0.15, -0.1) is 10.2 Å². The molecule has 2 aromatic carbocycles. The van der Waals surface area contributed by atoms with E-state index < -0.39 is 0 Å². The molecule has 0 spiro atoms. The average molecular weight is 435 g/mol. The number of rotatable bonds is 8. The number of hydrogen-bond donors (Lipinski definition) is 1. The Morgan fingerprint density at radius 3 is 2.72 bits per heavy atom. The van der Waals surface area contributed by atoms with Crippen LogP contribution < -0.4 is 14.8 Å². The molecule has 0 saturated carbocycles. The number of aromatic nitrogens is 3. The van der Waals surface area contributed by atoms with Crippen molar-refractivity contribution in [2.24, 2.45) is 4.99 Å². The third kappa shape index (κ3) is 5.57. The van der Waals surface area contributed by atoms with Gasteiger partial charge < -0.3 is 24.3 Å². The molecule has 2 heterocycles. The van der Waals surface area contributed by atoms with E-state index in [1.807, 2.05) is 37.4 Å². The van der Waals surface area contributed by atoms with Gasteiger partial charge in [-0.25, -0.2) is 4.99 Å². The molecule has 8 nitrogen and oxygen atoms in total. The van der Waals surface area contributed by atoms with Crippen LogP contribution in [0.5, 0.6) is 11.5 Å². The van der Waals surface area contributed by atoms with Crippen molar-refractivity contribution in [2.45, 2.75) is 33.0 Å². The van der Waals surface area contributed by atoms with Crippen LogP contribution in [0.1, 0.15) is 23.9 Å². The van der Waals surface area contributed by atoms with Crippen molar-refractivity contribution < 1.29 is 9.47 Å². The van der Waals surface area contributed by atoms with E-state index in [1.54, 1.807) is 6.33 Å². The molecule has 1 aliphatic rings. The number of hydrogen-bond acceptors (Lipinski definition) is 5. The molecule has 1 aromatic heterocycles. The summed E-state index contributed by atoms with van der Waals surface area (Å²) in [5.41, 5.74) is 2.31. The lowest BCUT2D eigenvalue weighted by molar-refractivity contribution is 0.171. The fraction of sp³-hybridized carbons (Fsp3) is 0.375. The molecule has 8 heteroatoms. The summed E-state index contributed by atoms with van der Waals surface area (Å²) in [5.74, 6) is 3.44. The van der Waals surface area contributed by atoms with Crippen LogP contribution in [0.4, 0.5) is 0 Å². The predicted molar refractivity (Wildman–Crippen MR) is 124 cm³/mol. The average Bonchev–Trinajstić information content (AvgIpc) is 3.29. The van der Waals surface area contributed by atoms with E-state index in [0.29, 0.717) is 26.3 Å². The standard InChI is InChI=1S/C24H30N6O2/c1-3-23-28-27-18-30(23)12-11-25-24(26-16-19-7-5-4-6-8-19)29(2)17-20-9-10-21-22(15-20)32-14-13-31-21/h4-10,15,18H,3,11-14,16-17H2,1-2H3,(H,25,26). The van der Waals surface area contributed by atoms with Crippen molar-refractivity contribution in [3.63, 3.8) is 0 Å². The van der Waals surface area contributed by atoms with Gasteiger partial charge in [-0.05, 0) is 23.3 Å². The first kappa shape index (κ1) is 21.7. The third-order valence-corrected chi connectivity index (χ3v) is 5.29. The lowest BCUT2D eigenvalue weighted by atomic mass is 10.2. The van der Waals surface area contributed by atoms with Crippen molar-refractivity contribution in [2.75, 3.05) is 26.8 Å². The van der Waals surface area contributed by atoms with Crippen LogP contribution in [0.3, 0.4) is 0 Å². The Morgan fingerprint density at radius 2 is 1.91 bits per heavy atom. The van der Waals surface area contributed by atoms with Crippen molar-refractivity contribution >= 4 is 5.96 Å². The Hall–Kier alpha value is -3.55. The van der Waals surface area contributed by atoms with E-state index in [1.165, 1.54) is 5.56 Å². The van der Waals surface area contributed by atoms with Gasteiger partial charge in [0.25, 0.3) is 0 Å². The summed E-state index contributed by atoms with van der Waals surface area (Å²) >= 11 is 0. The summed E-state index contributed by atoms with van der Waals surface area (Å²) in [4.78, 5) is 7.00. The number of benzene rings is 2. The number of nitrogens with zero attached hydrogens (tertiary/aromatic N) is 5. The highest BCUT2D eigenvalue weighted by atomic mass is 16.6. The monoisotopic (exact) mass is 434 g/mol. The number of aryl methyl sites for hydroxylation is 1. The fourth-order valence-corrected chi connectivity index (χ4v) is 3.62. The Kier molecular flexibility index (Phi) is 7.22. The minimum absolute atomic E-state index is 0.584. The smallest absolute Gasteiger partial charge is 0.194 e. The van der Waals surface area contributed by atoms with Crippen molar-refractivity contribution in [1.82, 2.24) is 25.0 Å². The second-order valence-electron chi connectivity index (χ2n) is 7.68. The maximum absolute atomic E-state index is 5.74. The molecule has 4 rings (SSSR count). The van der Waals surface area contributed by atoms with Crippen LogP contribution >= 0.6 is 0 Å². The van der Waals surface area contributed by atoms with E-state index in [9.17, 15) is 0 Å². The summed E-state index contributed by atoms with van der Waals surface area (Å²) in [6.45, 7) is 6.08. The van der Waals surface area contributed by atoms with Gasteiger partial charge in [-0.3, -0.25) is 0 Å². The maximum atomic E-state index is 5.74. The summed E-state index contributed by atoms with van der Waals surface area (Å²) in [7, 11) is 2.05. The second kappa shape index (κ2) is 10.7. The van der Waals surface area contributed by atoms with Crippen LogP contribution in [-0.2, 0) is 26.1 Å². The normalized spacial score (nSPS) is 13.1. The molecule has 3 aromatic rings. The third-order valence-electron chi connectivity index (χ3n) is 5.29. The predicted octanol–water partition coefficient (Wildman–Crippen LogP) is 2.89. The molecule has 0 bridgehead atoms. The summed E-state index contributed by atoms with van der Waals surface area (Å²) in [5, 5.41) is 11.7. The van der Waals surface area contributed by atoms with Gasteiger partial charge in [-0.1, -0.05) is 43.3 Å². The Labute approximate surface area is 188 Å². The molecule has 0 saturated heterocycles. The first-order chi connectivity index (χ1) is 15.7. The first-order valence-corrected chi connectivity index (χ1v) is 11.0. The van der Waals surface area contributed by atoms with E-state index in [0.717, 1.165) is 48.4 Å². The summed E-state index contributed by atoms with van der Waals surface area (Å²) in [6, 6.07) is 16.4. The Bertz CT molecular complexity index is 1030. The van der Waals surface area contributed by atoms with Crippen LogP contribution in [0.25, 0.3) is 0 Å². The van der Waals surface area contributed by atoms with E-state index in [2.05, 4.69) is 50.1 Å². The molecule has 0 radical (unpaired) electrons. The van der Waals surface area contributed by atoms with Gasteiger partial charge in [0.15, 0.2) is 17.5 Å². The van der Waals surface area contributed by atoms with Crippen molar-refractivity contribution in [1.29, 1.82) is 0 Å². The zero-order valence-electron chi connectivity index (χ0n) is 18.7. The Balaban J connectivity index is 1.44. The van der Waals surface area contributed by atoms with Crippen LogP contribution in [0, 0.1) is 0 Å². The quantitative estimate of drug-likeness (QED) is 0.434. The van der Waals surface area contributed by atoms with Gasteiger partial charge >= 0.3 is 0 Å². The van der Waals surface area contributed by atoms with Crippen molar-refractivity contribution in [3.05, 3.63) is 71.8 Å². The maximum Gasteiger partial charge on any atom is 0.194 e. The fourth-order valence-electron chi connectivity index (χ4n) is 3.62. The molecule has 1 aliphatic heterocycles. The highest BCUT2D eigenvalue weighted by molar-refractivity contribution is 5.79. The molecule has 0 fully saturated rings. The highest BCUT2D eigenvalue weighted by Gasteiger charge is 2.14. The lowest BCUT2D eigenvalue weighted by Gasteiger charge is -2.24. The molecule has 168 valence electrons. The lowest BCUT2D eigenvalue weighted by Crippen LogP contribution is -2.40. The first-order valence-electron chi connectivity index (χ1n) is 11.0. The molecule has 0 aliphatic carbocycles. The molecular weight excluding hydrogens is 404 g/mol. The highest BCUT2D eigenvalue weighted by Crippen LogP contribution is 2.31. The minimum atomic E-state index is 0.584. The molecule has 0 unspecified atom stereocenters. The van der Waals surface area contributed by atoms with Gasteiger partial charge in [0.2, 0.25) is 0 Å². The number of aliphatic imine (C=N–C) groups is 1. The molecule has 1 N–H and O–H groups in total. The van der Waals surface area contributed by atoms with Gasteiger partial charge in [-0.2, -0.15) is 0 Å². The van der Waals surface area contributed by atoms with E-state index >= 15 is 0 Å². The van der Waals surface area contributed by atoms with Gasteiger partial charge in [0, 0.05) is 33.1 Å². The number of fused-ring (bicyclic) bond motifs is 1. The van der Waals surface area contributed by atoms with Crippen LogP contribution in [0.15, 0.2) is 59.9 Å². The SMILES string of the molecule is CCc1nncn1CCNC(=NCc1ccccc1)N(C)Cc1ccc2c(c1)OCCO2. The molecule has 32 heavy (non-hydrogen) atoms. The van der Waals surface area contributed by atoms with Crippen molar-refractivity contribution in [3.8, 4) is 11.5 Å². The topological polar surface area (TPSA) is 76.8 Å². The Morgan fingerprint density at radius 1 is 1.09 bits per heavy atom. The minimum Gasteiger partial charge on any atom is -0.486 e. The number of ether oxygens (including phenoxy) is 2. The number of nitrogens with one attached hydrogen (secondary N) is 1. The zero-order chi connectivity index (χ0) is 22.2. The second-order valence-corrected chi connectivity index (χ2v) is 7.68. The van der Waals surface area contributed by atoms with E-state index in [4.69, 9.17) is 14.5 Å².